The fourth-order valence-electron chi connectivity index (χ4n) is 3.06. The Hall–Kier alpha value is -3.16. The van der Waals surface area contributed by atoms with Gasteiger partial charge in [0.1, 0.15) is 12.4 Å². The predicted molar refractivity (Wildman–Crippen MR) is 121 cm³/mol. The lowest BCUT2D eigenvalue weighted by Crippen LogP contribution is -2.16. The topological polar surface area (TPSA) is 67.8 Å². The molecular formula is C22H20ClN5OS. The van der Waals surface area contributed by atoms with Crippen LogP contribution in [0.15, 0.2) is 67.0 Å². The van der Waals surface area contributed by atoms with Crippen LogP contribution in [0.5, 0.6) is 5.75 Å². The summed E-state index contributed by atoms with van der Waals surface area (Å²) in [6, 6.07) is 17.5. The third kappa shape index (κ3) is 4.53. The van der Waals surface area contributed by atoms with Crippen LogP contribution in [0.1, 0.15) is 16.7 Å². The standard InChI is InChI=1S/C22H20ClN5OS/c1-15-4-2-3-5-17(15)14-29-20-7-6-19(23)12-18(20)13-25-28-21(26-27-22(28)30)16-8-10-24-11-9-16/h2-12,25H,13-14H2,1H3,(H,27,30). The minimum absolute atomic E-state index is 0.454. The lowest BCUT2D eigenvalue weighted by molar-refractivity contribution is 0.302. The molecule has 0 radical (unpaired) electrons. The highest BCUT2D eigenvalue weighted by Gasteiger charge is 2.11. The molecule has 0 spiro atoms. The first kappa shape index (κ1) is 20.1. The lowest BCUT2D eigenvalue weighted by atomic mass is 10.1. The van der Waals surface area contributed by atoms with Crippen molar-refractivity contribution < 1.29 is 4.74 Å². The largest absolute Gasteiger partial charge is 0.489 e. The number of hydrogen-bond acceptors (Lipinski definition) is 5. The number of hydrogen-bond donors (Lipinski definition) is 2. The van der Waals surface area contributed by atoms with E-state index in [1.807, 2.05) is 42.5 Å². The van der Waals surface area contributed by atoms with Crippen molar-refractivity contribution in [1.82, 2.24) is 19.9 Å². The van der Waals surface area contributed by atoms with Gasteiger partial charge in [-0.3, -0.25) is 4.98 Å². The fourth-order valence-corrected chi connectivity index (χ4v) is 3.45. The highest BCUT2D eigenvalue weighted by atomic mass is 35.5. The van der Waals surface area contributed by atoms with E-state index in [4.69, 9.17) is 28.6 Å². The minimum Gasteiger partial charge on any atom is -0.489 e. The molecule has 0 amide bonds. The second-order valence-electron chi connectivity index (χ2n) is 6.73. The van der Waals surface area contributed by atoms with Crippen LogP contribution in [0.2, 0.25) is 5.02 Å². The Balaban J connectivity index is 1.55. The van der Waals surface area contributed by atoms with Gasteiger partial charge < -0.3 is 10.2 Å². The van der Waals surface area contributed by atoms with Crippen LogP contribution in [0.3, 0.4) is 0 Å². The van der Waals surface area contributed by atoms with E-state index in [9.17, 15) is 0 Å². The fraction of sp³-hybridized carbons (Fsp3) is 0.136. The molecule has 0 aliphatic carbocycles. The van der Waals surface area contributed by atoms with E-state index < -0.39 is 0 Å². The zero-order chi connectivity index (χ0) is 20.9. The molecule has 0 bridgehead atoms. The number of ether oxygens (including phenoxy) is 1. The van der Waals surface area contributed by atoms with E-state index in [1.54, 1.807) is 17.1 Å². The summed E-state index contributed by atoms with van der Waals surface area (Å²) in [4.78, 5) is 4.05. The molecule has 0 aliphatic heterocycles. The number of aryl methyl sites for hydroxylation is 1. The summed E-state index contributed by atoms with van der Waals surface area (Å²) in [7, 11) is 0. The van der Waals surface area contributed by atoms with E-state index in [-0.39, 0.29) is 0 Å². The highest BCUT2D eigenvalue weighted by Crippen LogP contribution is 2.25. The minimum atomic E-state index is 0.454. The zero-order valence-electron chi connectivity index (χ0n) is 16.3. The third-order valence-electron chi connectivity index (χ3n) is 4.71. The van der Waals surface area contributed by atoms with Gasteiger partial charge in [-0.2, -0.15) is 5.10 Å². The molecule has 0 fully saturated rings. The maximum absolute atomic E-state index is 6.24. The molecule has 2 N–H and O–H groups in total. The average molecular weight is 438 g/mol. The van der Waals surface area contributed by atoms with Crippen molar-refractivity contribution in [2.75, 3.05) is 5.43 Å². The monoisotopic (exact) mass is 437 g/mol. The summed E-state index contributed by atoms with van der Waals surface area (Å²) in [6.07, 6.45) is 3.43. The molecule has 0 atom stereocenters. The lowest BCUT2D eigenvalue weighted by Gasteiger charge is -2.15. The first-order valence-electron chi connectivity index (χ1n) is 9.39. The molecule has 6 nitrogen and oxygen atoms in total. The summed E-state index contributed by atoms with van der Waals surface area (Å²) in [5, 5.41) is 7.79. The van der Waals surface area contributed by atoms with E-state index in [1.165, 1.54) is 5.56 Å². The van der Waals surface area contributed by atoms with Crippen molar-refractivity contribution in [3.63, 3.8) is 0 Å². The summed E-state index contributed by atoms with van der Waals surface area (Å²) in [5.74, 6) is 1.43. The molecule has 4 rings (SSSR count). The van der Waals surface area contributed by atoms with E-state index in [0.717, 1.165) is 22.4 Å². The Morgan fingerprint density at radius 2 is 1.90 bits per heavy atom. The second-order valence-corrected chi connectivity index (χ2v) is 7.55. The summed E-state index contributed by atoms with van der Waals surface area (Å²) in [5.41, 5.74) is 7.46. The number of benzene rings is 2. The quantitative estimate of drug-likeness (QED) is 0.384. The number of H-pyrrole nitrogens is 1. The summed E-state index contributed by atoms with van der Waals surface area (Å²) < 4.78 is 8.31. The Morgan fingerprint density at radius 3 is 2.70 bits per heavy atom. The Bertz CT molecular complexity index is 1210. The van der Waals surface area contributed by atoms with Crippen LogP contribution in [0.25, 0.3) is 11.4 Å². The van der Waals surface area contributed by atoms with Crippen molar-refractivity contribution in [3.8, 4) is 17.1 Å². The molecule has 2 heterocycles. The van der Waals surface area contributed by atoms with Crippen molar-refractivity contribution in [1.29, 1.82) is 0 Å². The van der Waals surface area contributed by atoms with Gasteiger partial charge in [0.2, 0.25) is 4.77 Å². The van der Waals surface area contributed by atoms with Crippen molar-refractivity contribution >= 4 is 23.8 Å². The smallest absolute Gasteiger partial charge is 0.214 e. The van der Waals surface area contributed by atoms with Gasteiger partial charge in [0.15, 0.2) is 5.82 Å². The van der Waals surface area contributed by atoms with Crippen LogP contribution in [-0.4, -0.2) is 19.9 Å². The van der Waals surface area contributed by atoms with Crippen molar-refractivity contribution in [3.05, 3.63) is 93.5 Å². The molecule has 30 heavy (non-hydrogen) atoms. The molecule has 0 saturated carbocycles. The third-order valence-corrected chi connectivity index (χ3v) is 5.21. The molecule has 152 valence electrons. The molecule has 0 aliphatic rings. The van der Waals surface area contributed by atoms with Crippen LogP contribution >= 0.6 is 23.8 Å². The van der Waals surface area contributed by atoms with E-state index in [0.29, 0.717) is 28.8 Å². The Morgan fingerprint density at radius 1 is 1.10 bits per heavy atom. The molecule has 2 aromatic heterocycles. The van der Waals surface area contributed by atoms with Crippen LogP contribution in [0, 0.1) is 11.7 Å². The number of rotatable bonds is 7. The SMILES string of the molecule is Cc1ccccc1COc1ccc(Cl)cc1CNn1c(-c2ccncc2)n[nH]c1=S. The maximum atomic E-state index is 6.24. The van der Waals surface area contributed by atoms with Gasteiger partial charge in [-0.05, 0) is 60.6 Å². The number of nitrogens with one attached hydrogen (secondary N) is 2. The normalized spacial score (nSPS) is 10.7. The molecule has 0 unspecified atom stereocenters. The maximum Gasteiger partial charge on any atom is 0.214 e. The van der Waals surface area contributed by atoms with Gasteiger partial charge in [0.25, 0.3) is 0 Å². The molecule has 2 aromatic carbocycles. The van der Waals surface area contributed by atoms with Gasteiger partial charge in [-0.25, -0.2) is 9.77 Å². The first-order valence-corrected chi connectivity index (χ1v) is 10.2. The molecular weight excluding hydrogens is 418 g/mol. The van der Waals surface area contributed by atoms with E-state index >= 15 is 0 Å². The van der Waals surface area contributed by atoms with Gasteiger partial charge in [-0.15, -0.1) is 0 Å². The Labute approximate surface area is 184 Å². The highest BCUT2D eigenvalue weighted by molar-refractivity contribution is 7.71. The molecule has 0 saturated heterocycles. The van der Waals surface area contributed by atoms with Crippen molar-refractivity contribution in [2.45, 2.75) is 20.1 Å². The van der Waals surface area contributed by atoms with Crippen LogP contribution in [0.4, 0.5) is 0 Å². The molecule has 4 aromatic rings. The predicted octanol–water partition coefficient (Wildman–Crippen LogP) is 5.29. The number of aromatic nitrogens is 4. The van der Waals surface area contributed by atoms with Gasteiger partial charge in [-0.1, -0.05) is 35.9 Å². The number of aromatic amines is 1. The summed E-state index contributed by atoms with van der Waals surface area (Å²) >= 11 is 11.6. The first-order chi connectivity index (χ1) is 14.6. The van der Waals surface area contributed by atoms with E-state index in [2.05, 4.69) is 39.7 Å². The average Bonchev–Trinajstić information content (AvgIpc) is 3.13. The Kier molecular flexibility index (Phi) is 6.11. The summed E-state index contributed by atoms with van der Waals surface area (Å²) in [6.45, 7) is 3.01. The van der Waals surface area contributed by atoms with Gasteiger partial charge >= 0.3 is 0 Å². The number of halogens is 1. The van der Waals surface area contributed by atoms with Gasteiger partial charge in [0.05, 0.1) is 6.54 Å². The van der Waals surface area contributed by atoms with Crippen LogP contribution in [-0.2, 0) is 13.2 Å². The number of pyridine rings is 1. The molecule has 8 heteroatoms. The van der Waals surface area contributed by atoms with Gasteiger partial charge in [0, 0.05) is 28.5 Å². The van der Waals surface area contributed by atoms with Crippen LogP contribution < -0.4 is 10.2 Å². The second kappa shape index (κ2) is 9.11. The zero-order valence-corrected chi connectivity index (χ0v) is 17.9. The number of nitrogens with zero attached hydrogens (tertiary/aromatic N) is 3. The van der Waals surface area contributed by atoms with Crippen molar-refractivity contribution in [2.24, 2.45) is 0 Å².